The molecule has 2 rings (SSSR count). The molecule has 0 heterocycles. The molecule has 0 fully saturated rings. The van der Waals surface area contributed by atoms with Gasteiger partial charge in [0.1, 0.15) is 0 Å². The molecule has 0 aliphatic heterocycles. The molecule has 1 aliphatic rings. The highest BCUT2D eigenvalue weighted by molar-refractivity contribution is 6.42. The predicted octanol–water partition coefficient (Wildman–Crippen LogP) is 5.53. The average molecular weight is 298 g/mol. The zero-order valence-corrected chi connectivity index (χ0v) is 12.9. The van der Waals surface area contributed by atoms with Crippen LogP contribution in [0.25, 0.3) is 0 Å². The number of allylic oxidation sites excluding steroid dienone is 1. The fourth-order valence-electron chi connectivity index (χ4n) is 2.74. The van der Waals surface area contributed by atoms with Crippen molar-refractivity contribution in [1.29, 1.82) is 0 Å². The van der Waals surface area contributed by atoms with Crippen LogP contribution in [0.1, 0.15) is 50.1 Å². The Morgan fingerprint density at radius 3 is 2.58 bits per heavy atom. The van der Waals surface area contributed by atoms with Crippen molar-refractivity contribution in [2.24, 2.45) is 0 Å². The van der Waals surface area contributed by atoms with Gasteiger partial charge in [0.15, 0.2) is 0 Å². The molecule has 1 nitrogen and oxygen atoms in total. The fraction of sp³-hybridized carbons (Fsp3) is 0.500. The number of hydrogen-bond acceptors (Lipinski definition) is 1. The third-order valence-corrected chi connectivity index (χ3v) is 4.50. The van der Waals surface area contributed by atoms with Crippen LogP contribution in [0.4, 0.5) is 0 Å². The highest BCUT2D eigenvalue weighted by atomic mass is 35.5. The second-order valence-corrected chi connectivity index (χ2v) is 5.94. The number of halogens is 2. The van der Waals surface area contributed by atoms with Gasteiger partial charge >= 0.3 is 0 Å². The van der Waals surface area contributed by atoms with Gasteiger partial charge in [-0.3, -0.25) is 0 Å². The van der Waals surface area contributed by atoms with Gasteiger partial charge in [0.25, 0.3) is 0 Å². The molecule has 0 amide bonds. The van der Waals surface area contributed by atoms with E-state index in [1.165, 1.54) is 49.7 Å². The van der Waals surface area contributed by atoms with Crippen LogP contribution >= 0.6 is 23.2 Å². The second kappa shape index (κ2) is 7.33. The molecule has 1 atom stereocenters. The summed E-state index contributed by atoms with van der Waals surface area (Å²) in [7, 11) is 2.01. The Kier molecular flexibility index (Phi) is 5.75. The van der Waals surface area contributed by atoms with E-state index in [2.05, 4.69) is 17.5 Å². The van der Waals surface area contributed by atoms with E-state index in [0.29, 0.717) is 10.0 Å². The summed E-state index contributed by atoms with van der Waals surface area (Å²) in [5.41, 5.74) is 2.68. The van der Waals surface area contributed by atoms with Gasteiger partial charge in [0.05, 0.1) is 16.1 Å². The van der Waals surface area contributed by atoms with E-state index in [-0.39, 0.29) is 6.04 Å². The first kappa shape index (κ1) is 14.9. The Hall–Kier alpha value is -0.500. The van der Waals surface area contributed by atoms with Gasteiger partial charge in [0.2, 0.25) is 0 Å². The lowest BCUT2D eigenvalue weighted by molar-refractivity contribution is 0.574. The molecular weight excluding hydrogens is 277 g/mol. The van der Waals surface area contributed by atoms with E-state index in [9.17, 15) is 0 Å². The first-order chi connectivity index (χ1) is 9.22. The Balaban J connectivity index is 2.24. The molecule has 104 valence electrons. The molecular formula is C16H21Cl2N. The molecule has 0 radical (unpaired) electrons. The largest absolute Gasteiger partial charge is 0.310 e. The summed E-state index contributed by atoms with van der Waals surface area (Å²) in [5, 5.41) is 4.66. The SMILES string of the molecule is CNC(/C1=C/CCCCCC1)c1ccc(Cl)c(Cl)c1. The number of nitrogens with one attached hydrogen (secondary N) is 1. The smallest absolute Gasteiger partial charge is 0.0595 e. The Bertz CT molecular complexity index is 454. The summed E-state index contributed by atoms with van der Waals surface area (Å²) in [6.07, 6.45) is 10.1. The third-order valence-electron chi connectivity index (χ3n) is 3.76. The van der Waals surface area contributed by atoms with Crippen molar-refractivity contribution >= 4 is 23.2 Å². The van der Waals surface area contributed by atoms with Gasteiger partial charge in [-0.15, -0.1) is 0 Å². The maximum absolute atomic E-state index is 6.13. The van der Waals surface area contributed by atoms with Crippen LogP contribution < -0.4 is 5.32 Å². The molecule has 0 saturated carbocycles. The quantitative estimate of drug-likeness (QED) is 0.723. The van der Waals surface area contributed by atoms with Crippen molar-refractivity contribution < 1.29 is 0 Å². The lowest BCUT2D eigenvalue weighted by Gasteiger charge is -2.22. The van der Waals surface area contributed by atoms with Gasteiger partial charge in [-0.2, -0.15) is 0 Å². The summed E-state index contributed by atoms with van der Waals surface area (Å²) in [6.45, 7) is 0. The molecule has 1 unspecified atom stereocenters. The van der Waals surface area contributed by atoms with Gasteiger partial charge in [-0.1, -0.05) is 53.8 Å². The molecule has 1 aromatic rings. The van der Waals surface area contributed by atoms with Crippen molar-refractivity contribution in [3.63, 3.8) is 0 Å². The molecule has 0 aromatic heterocycles. The van der Waals surface area contributed by atoms with Crippen molar-refractivity contribution in [3.05, 3.63) is 45.5 Å². The van der Waals surface area contributed by atoms with Crippen LogP contribution in [0.2, 0.25) is 10.0 Å². The summed E-state index contributed by atoms with van der Waals surface area (Å²) in [5.74, 6) is 0. The van der Waals surface area contributed by atoms with E-state index >= 15 is 0 Å². The second-order valence-electron chi connectivity index (χ2n) is 5.13. The zero-order chi connectivity index (χ0) is 13.7. The highest BCUT2D eigenvalue weighted by Gasteiger charge is 2.16. The minimum absolute atomic E-state index is 0.257. The number of rotatable bonds is 3. The third kappa shape index (κ3) is 3.98. The molecule has 3 heteroatoms. The first-order valence-corrected chi connectivity index (χ1v) is 7.79. The van der Waals surface area contributed by atoms with Crippen LogP contribution in [-0.4, -0.2) is 7.05 Å². The van der Waals surface area contributed by atoms with Crippen LogP contribution in [0.3, 0.4) is 0 Å². The summed E-state index contributed by atoms with van der Waals surface area (Å²) < 4.78 is 0. The lowest BCUT2D eigenvalue weighted by Crippen LogP contribution is -2.19. The van der Waals surface area contributed by atoms with E-state index < -0.39 is 0 Å². The maximum Gasteiger partial charge on any atom is 0.0595 e. The predicted molar refractivity (Wildman–Crippen MR) is 84.0 cm³/mol. The first-order valence-electron chi connectivity index (χ1n) is 7.03. The number of likely N-dealkylation sites (N-methyl/N-ethyl adjacent to an activating group) is 1. The molecule has 19 heavy (non-hydrogen) atoms. The summed E-state index contributed by atoms with van der Waals surface area (Å²) >= 11 is 12.1. The van der Waals surface area contributed by atoms with E-state index in [4.69, 9.17) is 23.2 Å². The summed E-state index contributed by atoms with van der Waals surface area (Å²) in [6, 6.07) is 6.18. The summed E-state index contributed by atoms with van der Waals surface area (Å²) in [4.78, 5) is 0. The normalized spacial score (nSPS) is 21.1. The Morgan fingerprint density at radius 1 is 1.05 bits per heavy atom. The van der Waals surface area contributed by atoms with E-state index in [1.54, 1.807) is 0 Å². The van der Waals surface area contributed by atoms with Crippen LogP contribution in [0, 0.1) is 0 Å². The van der Waals surface area contributed by atoms with Crippen LogP contribution in [0.5, 0.6) is 0 Å². The Labute approximate surface area is 126 Å². The number of benzene rings is 1. The molecule has 0 saturated heterocycles. The van der Waals surface area contributed by atoms with Crippen LogP contribution in [0.15, 0.2) is 29.8 Å². The monoisotopic (exact) mass is 297 g/mol. The maximum atomic E-state index is 6.13. The minimum Gasteiger partial charge on any atom is -0.310 e. The van der Waals surface area contributed by atoms with Crippen molar-refractivity contribution in [2.75, 3.05) is 7.05 Å². The van der Waals surface area contributed by atoms with Crippen molar-refractivity contribution in [3.8, 4) is 0 Å². The molecule has 0 bridgehead atoms. The van der Waals surface area contributed by atoms with Gasteiger partial charge < -0.3 is 5.32 Å². The average Bonchev–Trinajstić information content (AvgIpc) is 2.36. The standard InChI is InChI=1S/C16H21Cl2N/c1-19-16(12-7-5-3-2-4-6-8-12)13-9-10-14(17)15(18)11-13/h7,9-11,16,19H,2-6,8H2,1H3/b12-7+. The molecule has 0 spiro atoms. The Morgan fingerprint density at radius 2 is 1.84 bits per heavy atom. The topological polar surface area (TPSA) is 12.0 Å². The van der Waals surface area contributed by atoms with Gasteiger partial charge in [-0.25, -0.2) is 0 Å². The minimum atomic E-state index is 0.257. The van der Waals surface area contributed by atoms with E-state index in [1.807, 2.05) is 19.2 Å². The molecule has 1 N–H and O–H groups in total. The number of hydrogen-bond donors (Lipinski definition) is 1. The molecule has 1 aliphatic carbocycles. The zero-order valence-electron chi connectivity index (χ0n) is 11.4. The van der Waals surface area contributed by atoms with Crippen LogP contribution in [-0.2, 0) is 0 Å². The van der Waals surface area contributed by atoms with Gasteiger partial charge in [0, 0.05) is 0 Å². The van der Waals surface area contributed by atoms with E-state index in [0.717, 1.165) is 0 Å². The fourth-order valence-corrected chi connectivity index (χ4v) is 3.04. The molecule has 1 aromatic carbocycles. The highest BCUT2D eigenvalue weighted by Crippen LogP contribution is 2.32. The lowest BCUT2D eigenvalue weighted by atomic mass is 9.91. The van der Waals surface area contributed by atoms with Crippen molar-refractivity contribution in [2.45, 2.75) is 44.6 Å². The van der Waals surface area contributed by atoms with Gasteiger partial charge in [-0.05, 0) is 50.4 Å². The van der Waals surface area contributed by atoms with Crippen molar-refractivity contribution in [1.82, 2.24) is 5.32 Å².